The van der Waals surface area contributed by atoms with Gasteiger partial charge in [0.2, 0.25) is 5.91 Å². The van der Waals surface area contributed by atoms with Crippen molar-refractivity contribution < 1.29 is 4.79 Å². The second kappa shape index (κ2) is 7.63. The topological polar surface area (TPSA) is 58.4 Å². The van der Waals surface area contributed by atoms with Crippen LogP contribution in [0.2, 0.25) is 0 Å². The number of nitrogens with zero attached hydrogens (tertiary/aromatic N) is 1. The van der Waals surface area contributed by atoms with Gasteiger partial charge in [0.1, 0.15) is 0 Å². The van der Waals surface area contributed by atoms with Crippen LogP contribution in [-0.2, 0) is 4.79 Å². The fraction of sp³-hybridized carbons (Fsp3) is 0.917. The lowest BCUT2D eigenvalue weighted by Crippen LogP contribution is -2.41. The molecule has 1 aliphatic rings. The van der Waals surface area contributed by atoms with Crippen molar-refractivity contribution in [1.29, 1.82) is 0 Å². The highest BCUT2D eigenvalue weighted by Gasteiger charge is 2.15. The SMILES string of the molecule is CC(CN1CCCC1)NC(=O)CCCCN. The van der Waals surface area contributed by atoms with Gasteiger partial charge in [0.05, 0.1) is 0 Å². The Morgan fingerprint density at radius 2 is 2.06 bits per heavy atom. The third kappa shape index (κ3) is 5.47. The monoisotopic (exact) mass is 227 g/mol. The number of amides is 1. The number of hydrogen-bond acceptors (Lipinski definition) is 3. The van der Waals surface area contributed by atoms with Crippen molar-refractivity contribution in [3.05, 3.63) is 0 Å². The predicted molar refractivity (Wildman–Crippen MR) is 66.2 cm³/mol. The fourth-order valence-electron chi connectivity index (χ4n) is 2.18. The van der Waals surface area contributed by atoms with E-state index in [1.807, 2.05) is 0 Å². The van der Waals surface area contributed by atoms with Crippen molar-refractivity contribution in [1.82, 2.24) is 10.2 Å². The normalized spacial score (nSPS) is 18.6. The van der Waals surface area contributed by atoms with E-state index in [9.17, 15) is 4.79 Å². The van der Waals surface area contributed by atoms with Crippen molar-refractivity contribution >= 4 is 5.91 Å². The molecule has 94 valence electrons. The van der Waals surface area contributed by atoms with Gasteiger partial charge in [-0.1, -0.05) is 0 Å². The Morgan fingerprint density at radius 3 is 2.69 bits per heavy atom. The molecule has 0 saturated carbocycles. The molecular weight excluding hydrogens is 202 g/mol. The van der Waals surface area contributed by atoms with E-state index in [0.717, 1.165) is 19.4 Å². The summed E-state index contributed by atoms with van der Waals surface area (Å²) < 4.78 is 0. The molecule has 1 amide bonds. The standard InChI is InChI=1S/C12H25N3O/c1-11(10-15-8-4-5-9-15)14-12(16)6-2-3-7-13/h11H,2-10,13H2,1H3,(H,14,16). The van der Waals surface area contributed by atoms with Gasteiger partial charge in [-0.2, -0.15) is 0 Å². The smallest absolute Gasteiger partial charge is 0.220 e. The van der Waals surface area contributed by atoms with E-state index in [4.69, 9.17) is 5.73 Å². The van der Waals surface area contributed by atoms with Gasteiger partial charge < -0.3 is 16.0 Å². The molecule has 0 aromatic carbocycles. The predicted octanol–water partition coefficient (Wildman–Crippen LogP) is 0.716. The molecule has 1 saturated heterocycles. The van der Waals surface area contributed by atoms with Crippen molar-refractivity contribution in [3.63, 3.8) is 0 Å². The van der Waals surface area contributed by atoms with Crippen molar-refractivity contribution in [2.24, 2.45) is 5.73 Å². The van der Waals surface area contributed by atoms with Gasteiger partial charge >= 0.3 is 0 Å². The van der Waals surface area contributed by atoms with Crippen LogP contribution in [0.1, 0.15) is 39.0 Å². The van der Waals surface area contributed by atoms with E-state index in [-0.39, 0.29) is 11.9 Å². The lowest BCUT2D eigenvalue weighted by Gasteiger charge is -2.21. The summed E-state index contributed by atoms with van der Waals surface area (Å²) in [5.74, 6) is 0.167. The maximum atomic E-state index is 11.5. The molecule has 0 aliphatic carbocycles. The molecule has 4 nitrogen and oxygen atoms in total. The Labute approximate surface area is 98.6 Å². The van der Waals surface area contributed by atoms with E-state index < -0.39 is 0 Å². The number of likely N-dealkylation sites (tertiary alicyclic amines) is 1. The zero-order chi connectivity index (χ0) is 11.8. The summed E-state index contributed by atoms with van der Waals surface area (Å²) in [6, 6.07) is 0.267. The van der Waals surface area contributed by atoms with Crippen LogP contribution < -0.4 is 11.1 Å². The molecule has 0 aromatic rings. The lowest BCUT2D eigenvalue weighted by atomic mass is 10.2. The summed E-state index contributed by atoms with van der Waals surface area (Å²) in [5.41, 5.74) is 5.39. The van der Waals surface area contributed by atoms with Gasteiger partial charge in [-0.25, -0.2) is 0 Å². The van der Waals surface area contributed by atoms with Crippen molar-refractivity contribution in [3.8, 4) is 0 Å². The summed E-state index contributed by atoms with van der Waals surface area (Å²) >= 11 is 0. The zero-order valence-corrected chi connectivity index (χ0v) is 10.4. The van der Waals surface area contributed by atoms with Crippen LogP contribution >= 0.6 is 0 Å². The Bertz CT molecular complexity index is 202. The van der Waals surface area contributed by atoms with Gasteiger partial charge in [0, 0.05) is 19.0 Å². The molecule has 1 fully saturated rings. The maximum absolute atomic E-state index is 11.5. The molecular formula is C12H25N3O. The van der Waals surface area contributed by atoms with E-state index in [2.05, 4.69) is 17.1 Å². The van der Waals surface area contributed by atoms with Crippen LogP contribution in [0.4, 0.5) is 0 Å². The molecule has 0 bridgehead atoms. The lowest BCUT2D eigenvalue weighted by molar-refractivity contribution is -0.121. The first-order valence-corrected chi connectivity index (χ1v) is 6.44. The number of hydrogen-bond donors (Lipinski definition) is 2. The minimum atomic E-state index is 0.167. The van der Waals surface area contributed by atoms with Gasteiger partial charge in [0.15, 0.2) is 0 Å². The third-order valence-corrected chi connectivity index (χ3v) is 3.00. The number of carbonyl (C=O) groups is 1. The summed E-state index contributed by atoms with van der Waals surface area (Å²) in [6.45, 7) is 6.12. The van der Waals surface area contributed by atoms with Gasteiger partial charge in [-0.3, -0.25) is 4.79 Å². The van der Waals surface area contributed by atoms with Gasteiger partial charge in [-0.05, 0) is 52.2 Å². The van der Waals surface area contributed by atoms with E-state index in [1.165, 1.54) is 25.9 Å². The second-order valence-electron chi connectivity index (χ2n) is 4.72. The Hall–Kier alpha value is -0.610. The summed E-state index contributed by atoms with van der Waals surface area (Å²) in [7, 11) is 0. The molecule has 0 radical (unpaired) electrons. The summed E-state index contributed by atoms with van der Waals surface area (Å²) in [6.07, 6.45) is 5.06. The van der Waals surface area contributed by atoms with Gasteiger partial charge in [0.25, 0.3) is 0 Å². The molecule has 1 aliphatic heterocycles. The first-order chi connectivity index (χ1) is 7.72. The van der Waals surface area contributed by atoms with Crippen LogP contribution in [-0.4, -0.2) is 43.0 Å². The molecule has 16 heavy (non-hydrogen) atoms. The third-order valence-electron chi connectivity index (χ3n) is 3.00. The second-order valence-corrected chi connectivity index (χ2v) is 4.72. The number of nitrogens with one attached hydrogen (secondary N) is 1. The minimum absolute atomic E-state index is 0.167. The molecule has 0 spiro atoms. The maximum Gasteiger partial charge on any atom is 0.220 e. The molecule has 4 heteroatoms. The molecule has 1 unspecified atom stereocenters. The number of rotatable bonds is 7. The largest absolute Gasteiger partial charge is 0.352 e. The van der Waals surface area contributed by atoms with Crippen LogP contribution in [0.15, 0.2) is 0 Å². The van der Waals surface area contributed by atoms with Crippen LogP contribution in [0.5, 0.6) is 0 Å². The average Bonchev–Trinajstić information content (AvgIpc) is 2.70. The number of carbonyl (C=O) groups excluding carboxylic acids is 1. The zero-order valence-electron chi connectivity index (χ0n) is 10.4. The summed E-state index contributed by atoms with van der Waals surface area (Å²) in [4.78, 5) is 14.0. The van der Waals surface area contributed by atoms with Crippen LogP contribution in [0, 0.1) is 0 Å². The minimum Gasteiger partial charge on any atom is -0.352 e. The fourth-order valence-corrected chi connectivity index (χ4v) is 2.18. The van der Waals surface area contributed by atoms with Gasteiger partial charge in [-0.15, -0.1) is 0 Å². The molecule has 1 atom stereocenters. The van der Waals surface area contributed by atoms with E-state index in [0.29, 0.717) is 13.0 Å². The molecule has 1 rings (SSSR count). The first-order valence-electron chi connectivity index (χ1n) is 6.44. The highest BCUT2D eigenvalue weighted by Crippen LogP contribution is 2.07. The average molecular weight is 227 g/mol. The van der Waals surface area contributed by atoms with E-state index in [1.54, 1.807) is 0 Å². The quantitative estimate of drug-likeness (QED) is 0.630. The number of unbranched alkanes of at least 4 members (excludes halogenated alkanes) is 1. The van der Waals surface area contributed by atoms with Crippen LogP contribution in [0.3, 0.4) is 0 Å². The Morgan fingerprint density at radius 1 is 1.38 bits per heavy atom. The Kier molecular flexibility index (Phi) is 6.42. The first kappa shape index (κ1) is 13.5. The van der Waals surface area contributed by atoms with Crippen LogP contribution in [0.25, 0.3) is 0 Å². The number of nitrogens with two attached hydrogens (primary N) is 1. The summed E-state index contributed by atoms with van der Waals surface area (Å²) in [5, 5.41) is 3.04. The highest BCUT2D eigenvalue weighted by atomic mass is 16.1. The molecule has 3 N–H and O–H groups in total. The van der Waals surface area contributed by atoms with E-state index >= 15 is 0 Å². The Balaban J connectivity index is 2.07. The highest BCUT2D eigenvalue weighted by molar-refractivity contribution is 5.76. The molecule has 1 heterocycles. The molecule has 0 aromatic heterocycles. The van der Waals surface area contributed by atoms with Crippen molar-refractivity contribution in [2.75, 3.05) is 26.2 Å². The van der Waals surface area contributed by atoms with Crippen molar-refractivity contribution in [2.45, 2.75) is 45.1 Å².